The van der Waals surface area contributed by atoms with Crippen LogP contribution in [-0.4, -0.2) is 22.4 Å². The van der Waals surface area contributed by atoms with Gasteiger partial charge in [-0.2, -0.15) is 4.39 Å². The first-order chi connectivity index (χ1) is 15.3. The number of carbonyl (C=O) groups is 3. The summed E-state index contributed by atoms with van der Waals surface area (Å²) in [4.78, 5) is 47.0. The Morgan fingerprint density at radius 2 is 1.56 bits per heavy atom. The monoisotopic (exact) mass is 431 g/mol. The van der Waals surface area contributed by atoms with Crippen molar-refractivity contribution in [1.82, 2.24) is 0 Å². The van der Waals surface area contributed by atoms with E-state index >= 15 is 0 Å². The van der Waals surface area contributed by atoms with Gasteiger partial charge >= 0.3 is 5.69 Å². The summed E-state index contributed by atoms with van der Waals surface area (Å²) in [6, 6.07) is 15.7. The van der Waals surface area contributed by atoms with Crippen molar-refractivity contribution in [3.8, 4) is 0 Å². The van der Waals surface area contributed by atoms with Crippen molar-refractivity contribution >= 4 is 34.5 Å². The number of ketones is 2. The number of rotatable bonds is 5. The number of halogens is 1. The highest BCUT2D eigenvalue weighted by molar-refractivity contribution is 6.25. The first kappa shape index (κ1) is 20.6. The summed E-state index contributed by atoms with van der Waals surface area (Å²) in [5.74, 6) is -2.34. The van der Waals surface area contributed by atoms with E-state index in [-0.39, 0.29) is 22.8 Å². The van der Waals surface area contributed by atoms with Gasteiger partial charge in [0.2, 0.25) is 11.6 Å². The topological polar surface area (TPSA) is 118 Å². The van der Waals surface area contributed by atoms with Crippen LogP contribution in [0.2, 0.25) is 0 Å². The molecule has 0 radical (unpaired) electrons. The van der Waals surface area contributed by atoms with E-state index in [4.69, 9.17) is 0 Å². The second kappa shape index (κ2) is 8.23. The van der Waals surface area contributed by atoms with Gasteiger partial charge in [-0.05, 0) is 36.4 Å². The van der Waals surface area contributed by atoms with Crippen LogP contribution in [0.3, 0.4) is 0 Å². The predicted molar refractivity (Wildman–Crippen MR) is 114 cm³/mol. The summed E-state index contributed by atoms with van der Waals surface area (Å²) in [7, 11) is 0. The standard InChI is InChI=1S/C23H14FN3O5/c24-18-11-13(5-10-20(18)27(31)32)23(30)26-15-8-6-14(7-9-15)25-19-12-21(28)16-3-1-2-4-17(16)22(19)29/h1-12,25H,(H,26,30). The molecule has 2 N–H and O–H groups in total. The fourth-order valence-electron chi connectivity index (χ4n) is 3.20. The summed E-state index contributed by atoms with van der Waals surface area (Å²) < 4.78 is 13.7. The van der Waals surface area contributed by atoms with Gasteiger partial charge in [-0.1, -0.05) is 24.3 Å². The first-order valence-electron chi connectivity index (χ1n) is 9.35. The van der Waals surface area contributed by atoms with Gasteiger partial charge in [0.05, 0.1) is 10.6 Å². The first-order valence-corrected chi connectivity index (χ1v) is 9.35. The van der Waals surface area contributed by atoms with Crippen molar-refractivity contribution in [2.75, 3.05) is 10.6 Å². The number of allylic oxidation sites excluding steroid dienone is 2. The Labute approximate surface area is 180 Å². The number of anilines is 2. The highest BCUT2D eigenvalue weighted by Crippen LogP contribution is 2.24. The molecule has 158 valence electrons. The molecular weight excluding hydrogens is 417 g/mol. The summed E-state index contributed by atoms with van der Waals surface area (Å²) in [6.07, 6.45) is 1.24. The van der Waals surface area contributed by atoms with E-state index in [9.17, 15) is 28.9 Å². The Bertz CT molecular complexity index is 1320. The van der Waals surface area contributed by atoms with Gasteiger partial charge < -0.3 is 10.6 Å². The average molecular weight is 431 g/mol. The van der Waals surface area contributed by atoms with Crippen LogP contribution in [0.25, 0.3) is 0 Å². The highest BCUT2D eigenvalue weighted by Gasteiger charge is 2.25. The molecule has 0 aromatic heterocycles. The van der Waals surface area contributed by atoms with E-state index in [0.717, 1.165) is 18.2 Å². The van der Waals surface area contributed by atoms with Crippen LogP contribution in [-0.2, 0) is 0 Å². The zero-order valence-electron chi connectivity index (χ0n) is 16.3. The Kier molecular flexibility index (Phi) is 5.30. The number of fused-ring (bicyclic) bond motifs is 1. The minimum Gasteiger partial charge on any atom is -0.352 e. The molecule has 0 bridgehead atoms. The molecule has 3 aromatic rings. The van der Waals surface area contributed by atoms with E-state index < -0.39 is 22.3 Å². The van der Waals surface area contributed by atoms with Gasteiger partial charge in [0.25, 0.3) is 5.91 Å². The van der Waals surface area contributed by atoms with Gasteiger partial charge in [0.1, 0.15) is 0 Å². The predicted octanol–water partition coefficient (Wildman–Crippen LogP) is 4.36. The van der Waals surface area contributed by atoms with Gasteiger partial charge in [-0.3, -0.25) is 24.5 Å². The van der Waals surface area contributed by atoms with Crippen LogP contribution >= 0.6 is 0 Å². The molecular formula is C23H14FN3O5. The zero-order chi connectivity index (χ0) is 22.8. The lowest BCUT2D eigenvalue weighted by Gasteiger charge is -2.16. The summed E-state index contributed by atoms with van der Waals surface area (Å²) in [6.45, 7) is 0. The molecule has 3 aromatic carbocycles. The van der Waals surface area contributed by atoms with Crippen LogP contribution in [0.5, 0.6) is 0 Å². The highest BCUT2D eigenvalue weighted by atomic mass is 19.1. The largest absolute Gasteiger partial charge is 0.352 e. The van der Waals surface area contributed by atoms with Crippen molar-refractivity contribution in [1.29, 1.82) is 0 Å². The summed E-state index contributed by atoms with van der Waals surface area (Å²) in [5, 5.41) is 16.1. The number of hydrogen-bond acceptors (Lipinski definition) is 6. The molecule has 32 heavy (non-hydrogen) atoms. The number of carbonyl (C=O) groups excluding carboxylic acids is 3. The maximum absolute atomic E-state index is 13.7. The molecule has 1 amide bonds. The van der Waals surface area contributed by atoms with Crippen LogP contribution in [0, 0.1) is 15.9 Å². The van der Waals surface area contributed by atoms with Gasteiger partial charge in [0, 0.05) is 40.2 Å². The van der Waals surface area contributed by atoms with Crippen molar-refractivity contribution < 1.29 is 23.7 Å². The van der Waals surface area contributed by atoms with Crippen molar-refractivity contribution in [2.45, 2.75) is 0 Å². The maximum atomic E-state index is 13.7. The van der Waals surface area contributed by atoms with Gasteiger partial charge in [0.15, 0.2) is 5.78 Å². The van der Waals surface area contributed by atoms with E-state index in [1.165, 1.54) is 6.08 Å². The number of nitrogens with one attached hydrogen (secondary N) is 2. The van der Waals surface area contributed by atoms with Crippen LogP contribution < -0.4 is 10.6 Å². The molecule has 0 saturated heterocycles. The Hall–Kier alpha value is -4.66. The molecule has 4 rings (SSSR count). The maximum Gasteiger partial charge on any atom is 0.304 e. The third-order valence-corrected chi connectivity index (χ3v) is 4.79. The van der Waals surface area contributed by atoms with Crippen LogP contribution in [0.1, 0.15) is 31.1 Å². The summed E-state index contributed by atoms with van der Waals surface area (Å²) in [5.41, 5.74) is 0.897. The molecule has 1 aliphatic carbocycles. The van der Waals surface area contributed by atoms with E-state index in [2.05, 4.69) is 10.6 Å². The lowest BCUT2D eigenvalue weighted by Crippen LogP contribution is -2.21. The number of amides is 1. The molecule has 9 heteroatoms. The van der Waals surface area contributed by atoms with Crippen LogP contribution in [0.4, 0.5) is 21.5 Å². The van der Waals surface area contributed by atoms with E-state index in [1.54, 1.807) is 48.5 Å². The number of nitro benzene ring substituents is 1. The average Bonchev–Trinajstić information content (AvgIpc) is 2.78. The number of nitrogens with zero attached hydrogens (tertiary/aromatic N) is 1. The SMILES string of the molecule is O=C(Nc1ccc(NC2=CC(=O)c3ccccc3C2=O)cc1)c1ccc([N+](=O)[O-])c(F)c1. The smallest absolute Gasteiger partial charge is 0.304 e. The third-order valence-electron chi connectivity index (χ3n) is 4.79. The number of hydrogen-bond donors (Lipinski definition) is 2. The molecule has 0 heterocycles. The fraction of sp³-hybridized carbons (Fsp3) is 0. The second-order valence-electron chi connectivity index (χ2n) is 6.88. The zero-order valence-corrected chi connectivity index (χ0v) is 16.3. The minimum absolute atomic E-state index is 0.0783. The lowest BCUT2D eigenvalue weighted by atomic mass is 9.92. The van der Waals surface area contributed by atoms with Gasteiger partial charge in [-0.25, -0.2) is 0 Å². The fourth-order valence-corrected chi connectivity index (χ4v) is 3.20. The Balaban J connectivity index is 1.45. The number of benzene rings is 3. The molecule has 0 fully saturated rings. The Morgan fingerprint density at radius 1 is 0.906 bits per heavy atom. The van der Waals surface area contributed by atoms with Crippen molar-refractivity contribution in [2.24, 2.45) is 0 Å². The van der Waals surface area contributed by atoms with E-state index in [0.29, 0.717) is 22.5 Å². The Morgan fingerprint density at radius 3 is 2.22 bits per heavy atom. The molecule has 0 saturated carbocycles. The van der Waals surface area contributed by atoms with Crippen LogP contribution in [0.15, 0.2) is 78.5 Å². The van der Waals surface area contributed by atoms with E-state index in [1.807, 2.05) is 0 Å². The molecule has 0 spiro atoms. The number of nitro groups is 1. The molecule has 1 aliphatic rings. The normalized spacial score (nSPS) is 12.6. The molecule has 8 nitrogen and oxygen atoms in total. The van der Waals surface area contributed by atoms with Crippen molar-refractivity contribution in [3.63, 3.8) is 0 Å². The van der Waals surface area contributed by atoms with Crippen molar-refractivity contribution in [3.05, 3.63) is 111 Å². The molecule has 0 unspecified atom stereocenters. The lowest BCUT2D eigenvalue weighted by molar-refractivity contribution is -0.387. The third kappa shape index (κ3) is 3.99. The second-order valence-corrected chi connectivity index (χ2v) is 6.88. The minimum atomic E-state index is -1.11. The number of Topliss-reactive ketones (excluding diaryl/α,β-unsaturated/α-hetero) is 1. The van der Waals surface area contributed by atoms with Gasteiger partial charge in [-0.15, -0.1) is 0 Å². The molecule has 0 aliphatic heterocycles. The molecule has 0 atom stereocenters. The summed E-state index contributed by atoms with van der Waals surface area (Å²) >= 11 is 0. The quantitative estimate of drug-likeness (QED) is 0.458.